The summed E-state index contributed by atoms with van der Waals surface area (Å²) in [6.07, 6.45) is 5.31. The normalized spacial score (nSPS) is 11.2. The number of nitrogens with one attached hydrogen (secondary N) is 2. The first-order valence-electron chi connectivity index (χ1n) is 8.85. The van der Waals surface area contributed by atoms with Crippen LogP contribution in [0.4, 0.5) is 17.3 Å². The second kappa shape index (κ2) is 7.14. The Kier molecular flexibility index (Phi) is 4.52. The van der Waals surface area contributed by atoms with Gasteiger partial charge in [-0.3, -0.25) is 0 Å². The lowest BCUT2D eigenvalue weighted by Crippen LogP contribution is -2.04. The second-order valence-electron chi connectivity index (χ2n) is 6.43. The molecule has 0 radical (unpaired) electrons. The summed E-state index contributed by atoms with van der Waals surface area (Å²) in [6, 6.07) is 5.79. The number of ether oxygens (including phenoxy) is 1. The number of anilines is 3. The Bertz CT molecular complexity index is 1120. The first-order valence-corrected chi connectivity index (χ1v) is 8.85. The standard InChI is InChI=1S/C18H21N9O/c1-11(2)26-10-14(24-25-26)12-9-21-27-16(19-3)8-15(23-17(12)27)22-13-6-5-7-20-18(13)28-4/h5-11,19H,1-4H3,(H,22,23). The summed E-state index contributed by atoms with van der Waals surface area (Å²) >= 11 is 0. The van der Waals surface area contributed by atoms with Crippen molar-refractivity contribution in [1.29, 1.82) is 0 Å². The SMILES string of the molecule is CNc1cc(Nc2cccnc2OC)nc2c(-c3cn(C(C)C)nn3)cnn12. The minimum Gasteiger partial charge on any atom is -0.480 e. The summed E-state index contributed by atoms with van der Waals surface area (Å²) in [5, 5.41) is 19.3. The maximum atomic E-state index is 5.31. The fourth-order valence-electron chi connectivity index (χ4n) is 2.82. The van der Waals surface area contributed by atoms with E-state index in [9.17, 15) is 0 Å². The van der Waals surface area contributed by atoms with Crippen LogP contribution in [0.2, 0.25) is 0 Å². The Morgan fingerprint density at radius 1 is 1.25 bits per heavy atom. The van der Waals surface area contributed by atoms with Crippen molar-refractivity contribution in [3.05, 3.63) is 36.8 Å². The molecule has 0 amide bonds. The maximum absolute atomic E-state index is 5.31. The maximum Gasteiger partial charge on any atom is 0.237 e. The predicted molar refractivity (Wildman–Crippen MR) is 106 cm³/mol. The zero-order valence-electron chi connectivity index (χ0n) is 16.1. The van der Waals surface area contributed by atoms with Crippen LogP contribution in [0, 0.1) is 0 Å². The molecule has 0 aliphatic carbocycles. The van der Waals surface area contributed by atoms with E-state index in [1.807, 2.05) is 31.4 Å². The van der Waals surface area contributed by atoms with Gasteiger partial charge < -0.3 is 15.4 Å². The van der Waals surface area contributed by atoms with Gasteiger partial charge in [0.2, 0.25) is 5.88 Å². The van der Waals surface area contributed by atoms with Gasteiger partial charge >= 0.3 is 0 Å². The van der Waals surface area contributed by atoms with Crippen LogP contribution in [-0.4, -0.2) is 48.7 Å². The molecule has 0 bridgehead atoms. The van der Waals surface area contributed by atoms with Crippen molar-refractivity contribution in [2.45, 2.75) is 19.9 Å². The lowest BCUT2D eigenvalue weighted by Gasteiger charge is -2.11. The molecule has 0 aliphatic heterocycles. The fraction of sp³-hybridized carbons (Fsp3) is 0.278. The number of hydrogen-bond acceptors (Lipinski definition) is 8. The van der Waals surface area contributed by atoms with E-state index in [0.717, 1.165) is 22.8 Å². The van der Waals surface area contributed by atoms with Crippen LogP contribution in [0.15, 0.2) is 36.8 Å². The molecule has 10 heteroatoms. The van der Waals surface area contributed by atoms with E-state index in [-0.39, 0.29) is 6.04 Å². The van der Waals surface area contributed by atoms with Gasteiger partial charge in [-0.25, -0.2) is 14.6 Å². The molecule has 0 unspecified atom stereocenters. The molecular formula is C18H21N9O. The van der Waals surface area contributed by atoms with E-state index >= 15 is 0 Å². The van der Waals surface area contributed by atoms with Crippen LogP contribution >= 0.6 is 0 Å². The molecule has 4 aromatic heterocycles. The molecule has 2 N–H and O–H groups in total. The van der Waals surface area contributed by atoms with Crippen molar-refractivity contribution in [3.63, 3.8) is 0 Å². The topological polar surface area (TPSA) is 107 Å². The summed E-state index contributed by atoms with van der Waals surface area (Å²) in [4.78, 5) is 8.94. The van der Waals surface area contributed by atoms with Crippen LogP contribution in [-0.2, 0) is 0 Å². The number of pyridine rings is 1. The average Bonchev–Trinajstić information content (AvgIpc) is 3.34. The molecule has 4 aromatic rings. The monoisotopic (exact) mass is 379 g/mol. The van der Waals surface area contributed by atoms with Gasteiger partial charge in [-0.1, -0.05) is 5.21 Å². The fourth-order valence-corrected chi connectivity index (χ4v) is 2.82. The number of aromatic nitrogens is 7. The smallest absolute Gasteiger partial charge is 0.237 e. The predicted octanol–water partition coefficient (Wildman–Crippen LogP) is 2.76. The minimum absolute atomic E-state index is 0.221. The molecule has 0 aromatic carbocycles. The van der Waals surface area contributed by atoms with Crippen LogP contribution < -0.4 is 15.4 Å². The van der Waals surface area contributed by atoms with Gasteiger partial charge in [-0.15, -0.1) is 5.10 Å². The highest BCUT2D eigenvalue weighted by Crippen LogP contribution is 2.29. The Labute approximate surface area is 161 Å². The summed E-state index contributed by atoms with van der Waals surface area (Å²) in [7, 11) is 3.41. The molecule has 0 fully saturated rings. The molecule has 4 heterocycles. The highest BCUT2D eigenvalue weighted by atomic mass is 16.5. The van der Waals surface area contributed by atoms with Crippen LogP contribution in [0.25, 0.3) is 16.9 Å². The van der Waals surface area contributed by atoms with Gasteiger partial charge in [-0.05, 0) is 26.0 Å². The first-order chi connectivity index (χ1) is 13.6. The van der Waals surface area contributed by atoms with Gasteiger partial charge in [0, 0.05) is 25.4 Å². The molecule has 0 saturated carbocycles. The van der Waals surface area contributed by atoms with Crippen molar-refractivity contribution >= 4 is 23.0 Å². The number of hydrogen-bond donors (Lipinski definition) is 2. The number of nitrogens with zero attached hydrogens (tertiary/aromatic N) is 7. The molecule has 4 rings (SSSR count). The summed E-state index contributed by atoms with van der Waals surface area (Å²) in [5.41, 5.74) is 2.89. The van der Waals surface area contributed by atoms with Crippen LogP contribution in [0.1, 0.15) is 19.9 Å². The third-order valence-electron chi connectivity index (χ3n) is 4.27. The largest absolute Gasteiger partial charge is 0.480 e. The van der Waals surface area contributed by atoms with Gasteiger partial charge in [0.25, 0.3) is 0 Å². The highest BCUT2D eigenvalue weighted by molar-refractivity contribution is 5.77. The average molecular weight is 379 g/mol. The lowest BCUT2D eigenvalue weighted by molar-refractivity contribution is 0.400. The molecule has 0 saturated heterocycles. The Hall–Kier alpha value is -3.69. The van der Waals surface area contributed by atoms with Crippen LogP contribution in [0.5, 0.6) is 5.88 Å². The van der Waals surface area contributed by atoms with E-state index in [1.54, 1.807) is 28.7 Å². The van der Waals surface area contributed by atoms with E-state index < -0.39 is 0 Å². The van der Waals surface area contributed by atoms with Crippen molar-refractivity contribution in [3.8, 4) is 17.1 Å². The highest BCUT2D eigenvalue weighted by Gasteiger charge is 2.16. The minimum atomic E-state index is 0.221. The van der Waals surface area contributed by atoms with E-state index in [4.69, 9.17) is 9.72 Å². The molecule has 10 nitrogen and oxygen atoms in total. The third kappa shape index (κ3) is 3.08. The molecule has 144 valence electrons. The second-order valence-corrected chi connectivity index (χ2v) is 6.43. The molecule has 0 aliphatic rings. The summed E-state index contributed by atoms with van der Waals surface area (Å²) in [5.74, 6) is 1.89. The Balaban J connectivity index is 1.80. The number of methoxy groups -OCH3 is 1. The van der Waals surface area contributed by atoms with E-state index in [1.165, 1.54) is 0 Å². The van der Waals surface area contributed by atoms with Crippen molar-refractivity contribution in [1.82, 2.24) is 34.6 Å². The van der Waals surface area contributed by atoms with Crippen molar-refractivity contribution in [2.24, 2.45) is 0 Å². The molecule has 0 spiro atoms. The van der Waals surface area contributed by atoms with Crippen LogP contribution in [0.3, 0.4) is 0 Å². The van der Waals surface area contributed by atoms with E-state index in [2.05, 4.69) is 44.9 Å². The third-order valence-corrected chi connectivity index (χ3v) is 4.27. The van der Waals surface area contributed by atoms with Gasteiger partial charge in [0.15, 0.2) is 5.65 Å². The van der Waals surface area contributed by atoms with Gasteiger partial charge in [0.05, 0.1) is 25.1 Å². The molecular weight excluding hydrogens is 358 g/mol. The zero-order valence-corrected chi connectivity index (χ0v) is 16.1. The Morgan fingerprint density at radius 2 is 2.11 bits per heavy atom. The number of rotatable bonds is 6. The summed E-state index contributed by atoms with van der Waals surface area (Å²) in [6.45, 7) is 4.10. The first kappa shape index (κ1) is 17.7. The Morgan fingerprint density at radius 3 is 2.82 bits per heavy atom. The van der Waals surface area contributed by atoms with Crippen molar-refractivity contribution in [2.75, 3.05) is 24.8 Å². The van der Waals surface area contributed by atoms with Gasteiger partial charge in [-0.2, -0.15) is 9.61 Å². The van der Waals surface area contributed by atoms with E-state index in [0.29, 0.717) is 17.3 Å². The van der Waals surface area contributed by atoms with Crippen molar-refractivity contribution < 1.29 is 4.74 Å². The van der Waals surface area contributed by atoms with Gasteiger partial charge in [0.1, 0.15) is 23.0 Å². The lowest BCUT2D eigenvalue weighted by atomic mass is 10.2. The quantitative estimate of drug-likeness (QED) is 0.527. The summed E-state index contributed by atoms with van der Waals surface area (Å²) < 4.78 is 8.85. The molecule has 28 heavy (non-hydrogen) atoms. The molecule has 0 atom stereocenters. The zero-order chi connectivity index (χ0) is 19.7. The number of fused-ring (bicyclic) bond motifs is 1.